The molecule has 0 heterocycles. The predicted octanol–water partition coefficient (Wildman–Crippen LogP) is 6.65. The maximum atomic E-state index is 11.4. The SMILES string of the molecule is COc1ccc(CN=Nc2c(O)c(O)c(N=NCc3ccc(OC)cc3[N+](=O)[O-])c3ccccc23)c([N+](=O)[O-])c1. The van der Waals surface area contributed by atoms with E-state index in [1.54, 1.807) is 36.4 Å². The molecule has 14 heteroatoms. The molecule has 0 aromatic heterocycles. The first kappa shape index (κ1) is 27.4. The molecule has 0 aliphatic rings. The van der Waals surface area contributed by atoms with Gasteiger partial charge in [0.25, 0.3) is 11.4 Å². The van der Waals surface area contributed by atoms with Crippen LogP contribution in [0, 0.1) is 20.2 Å². The van der Waals surface area contributed by atoms with Crippen LogP contribution in [0.5, 0.6) is 23.0 Å². The van der Waals surface area contributed by atoms with Gasteiger partial charge in [0.05, 0.1) is 60.4 Å². The number of nitro benzene ring substituents is 2. The van der Waals surface area contributed by atoms with E-state index in [-0.39, 0.29) is 47.0 Å². The van der Waals surface area contributed by atoms with Gasteiger partial charge in [0, 0.05) is 10.8 Å². The minimum atomic E-state index is -0.629. The maximum Gasteiger partial charge on any atom is 0.278 e. The molecule has 4 aromatic rings. The first-order valence-electron chi connectivity index (χ1n) is 11.6. The Bertz CT molecular complexity index is 1550. The Labute approximate surface area is 226 Å². The highest BCUT2D eigenvalue weighted by Gasteiger charge is 2.20. The second kappa shape index (κ2) is 11.8. The molecule has 4 rings (SSSR count). The van der Waals surface area contributed by atoms with Crippen LogP contribution in [-0.4, -0.2) is 34.3 Å². The highest BCUT2D eigenvalue weighted by molar-refractivity contribution is 6.05. The molecule has 0 spiro atoms. The number of benzene rings is 4. The lowest BCUT2D eigenvalue weighted by Gasteiger charge is -2.10. The summed E-state index contributed by atoms with van der Waals surface area (Å²) in [6.45, 7) is -0.367. The normalized spacial score (nSPS) is 11.3. The summed E-state index contributed by atoms with van der Waals surface area (Å²) in [5, 5.41) is 61.2. The molecule has 0 unspecified atom stereocenters. The molecule has 14 nitrogen and oxygen atoms in total. The number of phenols is 2. The number of ether oxygens (including phenoxy) is 2. The molecule has 40 heavy (non-hydrogen) atoms. The lowest BCUT2D eigenvalue weighted by molar-refractivity contribution is -0.385. The van der Waals surface area contributed by atoms with E-state index < -0.39 is 21.3 Å². The predicted molar refractivity (Wildman–Crippen MR) is 143 cm³/mol. The van der Waals surface area contributed by atoms with Crippen molar-refractivity contribution in [3.63, 3.8) is 0 Å². The summed E-state index contributed by atoms with van der Waals surface area (Å²) in [5.41, 5.74) is -0.0320. The van der Waals surface area contributed by atoms with E-state index in [2.05, 4.69) is 20.5 Å². The Kier molecular flexibility index (Phi) is 8.08. The van der Waals surface area contributed by atoms with E-state index in [1.165, 1.54) is 38.5 Å². The number of rotatable bonds is 10. The third-order valence-corrected chi connectivity index (χ3v) is 5.91. The maximum absolute atomic E-state index is 11.4. The summed E-state index contributed by atoms with van der Waals surface area (Å²) in [7, 11) is 2.79. The van der Waals surface area contributed by atoms with Gasteiger partial charge in [-0.3, -0.25) is 20.2 Å². The van der Waals surface area contributed by atoms with Gasteiger partial charge in [-0.2, -0.15) is 20.5 Å². The Morgan fingerprint density at radius 2 is 1.10 bits per heavy atom. The largest absolute Gasteiger partial charge is 0.503 e. The van der Waals surface area contributed by atoms with Gasteiger partial charge in [0.1, 0.15) is 22.9 Å². The van der Waals surface area contributed by atoms with Crippen LogP contribution in [0.1, 0.15) is 11.1 Å². The number of nitrogens with zero attached hydrogens (tertiary/aromatic N) is 6. The van der Waals surface area contributed by atoms with E-state index in [0.29, 0.717) is 22.3 Å². The van der Waals surface area contributed by atoms with Crippen LogP contribution in [0.2, 0.25) is 0 Å². The highest BCUT2D eigenvalue weighted by Crippen LogP contribution is 2.50. The van der Waals surface area contributed by atoms with Crippen LogP contribution in [-0.2, 0) is 13.1 Å². The highest BCUT2D eigenvalue weighted by atomic mass is 16.6. The fourth-order valence-corrected chi connectivity index (χ4v) is 3.89. The van der Waals surface area contributed by atoms with Gasteiger partial charge >= 0.3 is 0 Å². The molecule has 0 aliphatic carbocycles. The third-order valence-electron chi connectivity index (χ3n) is 5.91. The van der Waals surface area contributed by atoms with Gasteiger partial charge in [-0.25, -0.2) is 0 Å². The molecular formula is C26H22N6O8. The molecule has 0 aliphatic heterocycles. The van der Waals surface area contributed by atoms with Crippen LogP contribution in [0.4, 0.5) is 22.7 Å². The standard InChI is InChI=1S/C26H22N6O8/c1-39-17-9-7-15(21(11-17)31(35)36)13-27-29-23-19-5-3-4-6-20(19)24(26(34)25(23)33)30-28-14-16-8-10-18(40-2)12-22(16)32(37)38/h3-12,33-34H,13-14H2,1-2H3. The summed E-state index contributed by atoms with van der Waals surface area (Å²) in [4.78, 5) is 21.8. The van der Waals surface area contributed by atoms with E-state index in [4.69, 9.17) is 9.47 Å². The molecule has 204 valence electrons. The molecule has 0 saturated carbocycles. The molecule has 0 amide bonds. The average Bonchev–Trinajstić information content (AvgIpc) is 2.96. The van der Waals surface area contributed by atoms with Crippen LogP contribution in [0.3, 0.4) is 0 Å². The average molecular weight is 546 g/mol. The van der Waals surface area contributed by atoms with Gasteiger partial charge in [0.15, 0.2) is 11.5 Å². The van der Waals surface area contributed by atoms with E-state index in [1.807, 2.05) is 0 Å². The minimum Gasteiger partial charge on any atom is -0.503 e. The Morgan fingerprint density at radius 3 is 1.45 bits per heavy atom. The van der Waals surface area contributed by atoms with Crippen molar-refractivity contribution in [2.45, 2.75) is 13.1 Å². The van der Waals surface area contributed by atoms with Crippen molar-refractivity contribution >= 4 is 33.5 Å². The first-order chi connectivity index (χ1) is 19.2. The fourth-order valence-electron chi connectivity index (χ4n) is 3.89. The lowest BCUT2D eigenvalue weighted by atomic mass is 10.1. The fraction of sp³-hybridized carbons (Fsp3) is 0.154. The number of nitro groups is 2. The summed E-state index contributed by atoms with van der Waals surface area (Å²) in [5.74, 6) is -0.633. The van der Waals surface area contributed by atoms with Crippen LogP contribution >= 0.6 is 0 Å². The van der Waals surface area contributed by atoms with Crippen molar-refractivity contribution in [1.29, 1.82) is 0 Å². The van der Waals surface area contributed by atoms with Crippen LogP contribution < -0.4 is 9.47 Å². The number of phenolic OH excluding ortho intramolecular Hbond substituents is 2. The van der Waals surface area contributed by atoms with Crippen molar-refractivity contribution in [3.8, 4) is 23.0 Å². The zero-order chi connectivity index (χ0) is 28.8. The second-order valence-corrected chi connectivity index (χ2v) is 8.24. The molecular weight excluding hydrogens is 524 g/mol. The smallest absolute Gasteiger partial charge is 0.278 e. The number of methoxy groups -OCH3 is 2. The minimum absolute atomic E-state index is 0.0750. The molecule has 0 atom stereocenters. The lowest BCUT2D eigenvalue weighted by Crippen LogP contribution is -1.95. The van der Waals surface area contributed by atoms with Crippen molar-refractivity contribution in [1.82, 2.24) is 0 Å². The second-order valence-electron chi connectivity index (χ2n) is 8.24. The van der Waals surface area contributed by atoms with Crippen LogP contribution in [0.25, 0.3) is 10.8 Å². The molecule has 0 bridgehead atoms. The number of hydrogen-bond acceptors (Lipinski definition) is 12. The van der Waals surface area contributed by atoms with Crippen molar-refractivity contribution in [2.75, 3.05) is 14.2 Å². The zero-order valence-electron chi connectivity index (χ0n) is 21.2. The molecule has 2 N–H and O–H groups in total. The van der Waals surface area contributed by atoms with Crippen molar-refractivity contribution in [3.05, 3.63) is 92.0 Å². The number of fused-ring (bicyclic) bond motifs is 1. The molecule has 4 aromatic carbocycles. The van der Waals surface area contributed by atoms with Gasteiger partial charge in [-0.1, -0.05) is 24.3 Å². The number of azo groups is 2. The van der Waals surface area contributed by atoms with Gasteiger partial charge < -0.3 is 19.7 Å². The summed E-state index contributed by atoms with van der Waals surface area (Å²) < 4.78 is 10.1. The van der Waals surface area contributed by atoms with Gasteiger partial charge in [0.2, 0.25) is 0 Å². The Balaban J connectivity index is 1.67. The Morgan fingerprint density at radius 1 is 0.700 bits per heavy atom. The van der Waals surface area contributed by atoms with E-state index >= 15 is 0 Å². The number of aromatic hydroxyl groups is 2. The number of hydrogen-bond donors (Lipinski definition) is 2. The monoisotopic (exact) mass is 546 g/mol. The molecule has 0 fully saturated rings. The summed E-state index contributed by atoms with van der Waals surface area (Å²) >= 11 is 0. The first-order valence-corrected chi connectivity index (χ1v) is 11.6. The summed E-state index contributed by atoms with van der Waals surface area (Å²) in [6.07, 6.45) is 0. The molecule has 0 radical (unpaired) electrons. The summed E-state index contributed by atoms with van der Waals surface area (Å²) in [6, 6.07) is 15.2. The van der Waals surface area contributed by atoms with Gasteiger partial charge in [-0.05, 0) is 24.3 Å². The quantitative estimate of drug-likeness (QED) is 0.0953. The van der Waals surface area contributed by atoms with E-state index in [0.717, 1.165) is 0 Å². The topological polar surface area (TPSA) is 195 Å². The van der Waals surface area contributed by atoms with Crippen LogP contribution in [0.15, 0.2) is 81.1 Å². The van der Waals surface area contributed by atoms with Crippen molar-refractivity contribution in [2.24, 2.45) is 20.5 Å². The third kappa shape index (κ3) is 5.60. The Hall–Kier alpha value is -5.66. The zero-order valence-corrected chi connectivity index (χ0v) is 21.2. The van der Waals surface area contributed by atoms with Gasteiger partial charge in [-0.15, -0.1) is 0 Å². The van der Waals surface area contributed by atoms with E-state index in [9.17, 15) is 30.4 Å². The van der Waals surface area contributed by atoms with Crippen molar-refractivity contribution < 1.29 is 29.5 Å². The molecule has 0 saturated heterocycles.